The van der Waals surface area contributed by atoms with Crippen LogP contribution >= 0.6 is 0 Å². The Kier molecular flexibility index (Phi) is 1.60. The van der Waals surface area contributed by atoms with Gasteiger partial charge in [0.1, 0.15) is 0 Å². The fraction of sp³-hybridized carbons (Fsp3) is 0.250. The second-order valence-electron chi connectivity index (χ2n) is 4.90. The summed E-state index contributed by atoms with van der Waals surface area (Å²) in [5.41, 5.74) is 4.87. The smallest absolute Gasteiger partial charge is 0.0658 e. The van der Waals surface area contributed by atoms with Crippen LogP contribution in [0.2, 0.25) is 0 Å². The van der Waals surface area contributed by atoms with Crippen LogP contribution in [0, 0.1) is 0 Å². The van der Waals surface area contributed by atoms with Crippen molar-refractivity contribution in [3.63, 3.8) is 0 Å². The monoisotopic (exact) mass is 223 g/mol. The Labute approximate surface area is 102 Å². The fourth-order valence-corrected chi connectivity index (χ4v) is 3.37. The van der Waals surface area contributed by atoms with E-state index in [2.05, 4.69) is 24.3 Å². The largest absolute Gasteiger partial charge is 0.392 e. The molecule has 1 heteroatoms. The average molecular weight is 223 g/mol. The van der Waals surface area contributed by atoms with Crippen LogP contribution < -0.4 is 0 Å². The molecule has 0 saturated carbocycles. The molecule has 0 fully saturated rings. The van der Waals surface area contributed by atoms with Gasteiger partial charge in [-0.3, -0.25) is 0 Å². The van der Waals surface area contributed by atoms with Crippen LogP contribution in [0.25, 0.3) is 0 Å². The van der Waals surface area contributed by atoms with Gasteiger partial charge in [0.2, 0.25) is 0 Å². The van der Waals surface area contributed by atoms with E-state index >= 15 is 0 Å². The minimum absolute atomic E-state index is 0.0232. The van der Waals surface area contributed by atoms with Crippen LogP contribution in [-0.4, -0.2) is 11.2 Å². The molecule has 1 N–H and O–H groups in total. The summed E-state index contributed by atoms with van der Waals surface area (Å²) in [5, 5.41) is 10.4. The van der Waals surface area contributed by atoms with Gasteiger partial charge < -0.3 is 5.11 Å². The van der Waals surface area contributed by atoms with Gasteiger partial charge in [0.05, 0.1) is 6.10 Å². The molecule has 2 aromatic rings. The molecule has 2 bridgehead atoms. The summed E-state index contributed by atoms with van der Waals surface area (Å²) < 4.78 is 8.28. The molecule has 0 heterocycles. The minimum atomic E-state index is -0.584. The van der Waals surface area contributed by atoms with Gasteiger partial charge in [0.25, 0.3) is 0 Å². The second kappa shape index (κ2) is 3.21. The molecular weight excluding hydrogens is 208 g/mol. The summed E-state index contributed by atoms with van der Waals surface area (Å²) in [6, 6.07) is 16.5. The first-order chi connectivity index (χ1) is 8.79. The summed E-state index contributed by atoms with van der Waals surface area (Å²) in [7, 11) is 0. The first-order valence-corrected chi connectivity index (χ1v) is 6.07. The van der Waals surface area contributed by atoms with Gasteiger partial charge in [-0.1, -0.05) is 48.5 Å². The topological polar surface area (TPSA) is 20.2 Å². The maximum absolute atomic E-state index is 10.4. The predicted octanol–water partition coefficient (Wildman–Crippen LogP) is 3.03. The van der Waals surface area contributed by atoms with Crippen LogP contribution in [-0.2, 0) is 0 Å². The highest BCUT2D eigenvalue weighted by Crippen LogP contribution is 2.52. The van der Waals surface area contributed by atoms with Gasteiger partial charge in [0.15, 0.2) is 0 Å². The normalized spacial score (nSPS) is 33.8. The summed E-state index contributed by atoms with van der Waals surface area (Å²) in [6.45, 7) is 0. The molecule has 0 aliphatic heterocycles. The lowest BCUT2D eigenvalue weighted by Gasteiger charge is -2.43. The molecule has 84 valence electrons. The number of aliphatic hydroxyl groups excluding tert-OH is 1. The maximum Gasteiger partial charge on any atom is 0.0658 e. The quantitative estimate of drug-likeness (QED) is 0.728. The van der Waals surface area contributed by atoms with Crippen molar-refractivity contribution in [3.05, 3.63) is 70.8 Å². The Morgan fingerprint density at radius 1 is 0.882 bits per heavy atom. The summed E-state index contributed by atoms with van der Waals surface area (Å²) in [4.78, 5) is 0. The van der Waals surface area contributed by atoms with Crippen LogP contribution in [0.4, 0.5) is 0 Å². The van der Waals surface area contributed by atoms with E-state index in [1.165, 1.54) is 22.3 Å². The van der Waals surface area contributed by atoms with Crippen molar-refractivity contribution in [3.8, 4) is 0 Å². The third-order valence-corrected chi connectivity index (χ3v) is 4.06. The number of fused-ring (bicyclic) bond motifs is 1. The highest BCUT2D eigenvalue weighted by atomic mass is 16.3. The van der Waals surface area contributed by atoms with Crippen molar-refractivity contribution >= 4 is 0 Å². The van der Waals surface area contributed by atoms with Crippen LogP contribution in [0.5, 0.6) is 0 Å². The Balaban J connectivity index is 2.06. The van der Waals surface area contributed by atoms with Gasteiger partial charge in [-0.25, -0.2) is 0 Å². The highest BCUT2D eigenvalue weighted by molar-refractivity contribution is 5.55. The minimum Gasteiger partial charge on any atom is -0.392 e. The van der Waals surface area contributed by atoms with Crippen molar-refractivity contribution in [2.45, 2.75) is 24.3 Å². The lowest BCUT2D eigenvalue weighted by atomic mass is 9.62. The van der Waals surface area contributed by atoms with Crippen molar-refractivity contribution in [2.75, 3.05) is 0 Å². The van der Waals surface area contributed by atoms with Crippen LogP contribution in [0.15, 0.2) is 48.5 Å². The summed E-state index contributed by atoms with van der Waals surface area (Å²) >= 11 is 0. The van der Waals surface area contributed by atoms with Gasteiger partial charge >= 0.3 is 0 Å². The molecule has 0 radical (unpaired) electrons. The molecule has 1 nitrogen and oxygen atoms in total. The summed E-state index contributed by atoms with van der Waals surface area (Å²) in [6.07, 6.45) is -1.03. The second-order valence-corrected chi connectivity index (χ2v) is 4.90. The highest BCUT2D eigenvalue weighted by Gasteiger charge is 2.42. The van der Waals surface area contributed by atoms with Crippen LogP contribution in [0.1, 0.15) is 41.9 Å². The number of aliphatic hydroxyl groups is 1. The maximum atomic E-state index is 10.4. The van der Waals surface area contributed by atoms with Gasteiger partial charge in [0, 0.05) is 13.2 Å². The van der Waals surface area contributed by atoms with E-state index in [1.807, 2.05) is 24.3 Å². The van der Waals surface area contributed by atoms with Crippen LogP contribution in [0.3, 0.4) is 0 Å². The molecular formula is C16H14O. The molecule has 2 atom stereocenters. The lowest BCUT2D eigenvalue weighted by Crippen LogP contribution is -2.35. The van der Waals surface area contributed by atoms with Crippen molar-refractivity contribution in [2.24, 2.45) is 0 Å². The number of hydrogen-bond donors (Lipinski definition) is 1. The van der Waals surface area contributed by atoms with Gasteiger partial charge in [-0.2, -0.15) is 0 Å². The first-order valence-electron chi connectivity index (χ1n) is 6.64. The van der Waals surface area contributed by atoms with Crippen molar-refractivity contribution < 1.29 is 6.48 Å². The molecule has 17 heavy (non-hydrogen) atoms. The molecule has 0 unspecified atom stereocenters. The molecule has 0 saturated heterocycles. The first kappa shape index (κ1) is 8.48. The molecule has 0 aromatic heterocycles. The van der Waals surface area contributed by atoms with E-state index in [-0.39, 0.29) is 11.8 Å². The molecule has 3 aliphatic rings. The summed E-state index contributed by atoms with van der Waals surface area (Å²) in [5.74, 6) is 0.00213. The molecule has 2 aromatic carbocycles. The van der Waals surface area contributed by atoms with E-state index < -0.39 is 12.5 Å². The van der Waals surface area contributed by atoms with Gasteiger partial charge in [-0.15, -0.1) is 0 Å². The van der Waals surface area contributed by atoms with Crippen molar-refractivity contribution in [1.82, 2.24) is 0 Å². The zero-order valence-corrected chi connectivity index (χ0v) is 9.38. The average Bonchev–Trinajstić information content (AvgIpc) is 2.42. The predicted molar refractivity (Wildman–Crippen MR) is 67.2 cm³/mol. The number of rotatable bonds is 0. The molecule has 3 aliphatic carbocycles. The van der Waals surface area contributed by atoms with E-state index in [0.29, 0.717) is 0 Å². The Hall–Kier alpha value is -1.60. The van der Waals surface area contributed by atoms with E-state index in [0.717, 1.165) is 0 Å². The molecule has 0 amide bonds. The van der Waals surface area contributed by atoms with E-state index in [1.54, 1.807) is 0 Å². The molecule has 5 rings (SSSR count). The zero-order valence-electron chi connectivity index (χ0n) is 10.4. The van der Waals surface area contributed by atoms with E-state index in [9.17, 15) is 5.11 Å². The zero-order chi connectivity index (χ0) is 12.3. The Morgan fingerprint density at radius 2 is 1.35 bits per heavy atom. The Morgan fingerprint density at radius 3 is 1.88 bits per heavy atom. The Bertz CT molecular complexity index is 520. The lowest BCUT2D eigenvalue weighted by molar-refractivity contribution is 0.124. The third-order valence-electron chi connectivity index (χ3n) is 4.06. The van der Waals surface area contributed by atoms with E-state index in [4.69, 9.17) is 1.37 Å². The fourth-order valence-electron chi connectivity index (χ4n) is 3.37. The number of hydrogen-bond acceptors (Lipinski definition) is 1. The number of benzene rings is 2. The third kappa shape index (κ3) is 1.12. The SMILES string of the molecule is [2H][C@H]1C2c3ccccc3C(c3ccccc32)[C@@H]1O. The standard InChI is InChI=1S/C16H14O/c17-15-9-14-10-5-1-3-7-12(10)16(15)13-8-4-2-6-11(13)14/h1-8,14-17H,9H2/t14?,15-,16?/m1/s1/i9D/t9-,14?,15+,16?/m0. The van der Waals surface area contributed by atoms with Crippen molar-refractivity contribution in [1.29, 1.82) is 0 Å². The van der Waals surface area contributed by atoms with Gasteiger partial charge in [-0.05, 0) is 28.7 Å². The molecule has 0 spiro atoms.